The van der Waals surface area contributed by atoms with Crippen LogP contribution in [0.1, 0.15) is 17.3 Å². The molecule has 2 aromatic rings. The van der Waals surface area contributed by atoms with Crippen LogP contribution in [0, 0.1) is 0 Å². The minimum absolute atomic E-state index is 0.394. The van der Waals surface area contributed by atoms with E-state index in [1.165, 1.54) is 0 Å². The van der Waals surface area contributed by atoms with Crippen LogP contribution in [0.5, 0.6) is 0 Å². The average Bonchev–Trinajstić information content (AvgIpc) is 2.51. The second kappa shape index (κ2) is 6.44. The molecule has 0 radical (unpaired) electrons. The zero-order valence-corrected chi connectivity index (χ0v) is 16.3. The zero-order chi connectivity index (χ0) is 20.2. The molecule has 1 aliphatic rings. The molecule has 146 valence electrons. The lowest BCUT2D eigenvalue weighted by molar-refractivity contribution is -0.139. The second-order valence-electron chi connectivity index (χ2n) is 5.61. The summed E-state index contributed by atoms with van der Waals surface area (Å²) in [6.45, 7) is 0. The van der Waals surface area contributed by atoms with E-state index in [1.807, 2.05) is 0 Å². The quantitative estimate of drug-likeness (QED) is 0.603. The van der Waals surface area contributed by atoms with Gasteiger partial charge in [-0.2, -0.15) is 17.9 Å². The van der Waals surface area contributed by atoms with Crippen LogP contribution in [-0.2, 0) is 26.2 Å². The predicted octanol–water partition coefficient (Wildman–Crippen LogP) is 2.52. The molecular formula is C14H11BrF3N3O4S2. The van der Waals surface area contributed by atoms with E-state index in [0.29, 0.717) is 22.2 Å². The van der Waals surface area contributed by atoms with Gasteiger partial charge in [0.2, 0.25) is 20.0 Å². The van der Waals surface area contributed by atoms with Crippen molar-refractivity contribution in [2.45, 2.75) is 22.1 Å². The molecule has 7 nitrogen and oxygen atoms in total. The average molecular weight is 486 g/mol. The van der Waals surface area contributed by atoms with E-state index in [4.69, 9.17) is 5.14 Å². The minimum atomic E-state index is -5.06. The first-order valence-electron chi connectivity index (χ1n) is 7.12. The number of hydrogen-bond donors (Lipinski definition) is 3. The molecule has 3 rings (SSSR count). The van der Waals surface area contributed by atoms with Gasteiger partial charge in [-0.3, -0.25) is 0 Å². The predicted molar refractivity (Wildman–Crippen MR) is 93.6 cm³/mol. The number of benzene rings is 2. The highest BCUT2D eigenvalue weighted by Gasteiger charge is 2.40. The number of anilines is 1. The number of alkyl halides is 3. The summed E-state index contributed by atoms with van der Waals surface area (Å²) >= 11 is 3.24. The fourth-order valence-corrected chi connectivity index (χ4v) is 5.26. The first-order chi connectivity index (χ1) is 12.3. The minimum Gasteiger partial charge on any atom is -0.364 e. The molecule has 1 aliphatic heterocycles. The van der Waals surface area contributed by atoms with Crippen LogP contribution in [0.4, 0.5) is 18.9 Å². The molecule has 0 amide bonds. The van der Waals surface area contributed by atoms with Gasteiger partial charge in [0.1, 0.15) is 11.1 Å². The Morgan fingerprint density at radius 1 is 1.15 bits per heavy atom. The lowest BCUT2D eigenvalue weighted by atomic mass is 10.1. The van der Waals surface area contributed by atoms with E-state index in [1.54, 1.807) is 24.3 Å². The fraction of sp³-hybridized carbons (Fsp3) is 0.143. The van der Waals surface area contributed by atoms with E-state index >= 15 is 0 Å². The molecule has 4 N–H and O–H groups in total. The molecule has 1 heterocycles. The largest absolute Gasteiger partial charge is 0.417 e. The third-order valence-corrected chi connectivity index (χ3v) is 6.91. The van der Waals surface area contributed by atoms with Gasteiger partial charge in [0, 0.05) is 10.0 Å². The van der Waals surface area contributed by atoms with Crippen LogP contribution < -0.4 is 15.2 Å². The first-order valence-corrected chi connectivity index (χ1v) is 10.9. The summed E-state index contributed by atoms with van der Waals surface area (Å²) < 4.78 is 90.9. The van der Waals surface area contributed by atoms with E-state index in [9.17, 15) is 30.0 Å². The van der Waals surface area contributed by atoms with Gasteiger partial charge in [-0.1, -0.05) is 34.1 Å². The monoisotopic (exact) mass is 485 g/mol. The van der Waals surface area contributed by atoms with E-state index in [2.05, 4.69) is 26.0 Å². The first kappa shape index (κ1) is 20.1. The Bertz CT molecular complexity index is 1130. The van der Waals surface area contributed by atoms with Gasteiger partial charge in [-0.05, 0) is 18.2 Å². The molecule has 0 aromatic heterocycles. The molecule has 27 heavy (non-hydrogen) atoms. The van der Waals surface area contributed by atoms with E-state index in [-0.39, 0.29) is 0 Å². The van der Waals surface area contributed by atoms with Crippen LogP contribution in [-0.4, -0.2) is 16.8 Å². The number of sulfonamides is 2. The molecule has 13 heteroatoms. The van der Waals surface area contributed by atoms with Gasteiger partial charge in [0.25, 0.3) is 0 Å². The molecule has 0 aliphatic carbocycles. The third kappa shape index (κ3) is 3.82. The highest BCUT2D eigenvalue weighted by molar-refractivity contribution is 9.10. The van der Waals surface area contributed by atoms with E-state index in [0.717, 1.165) is 0 Å². The van der Waals surface area contributed by atoms with Crippen molar-refractivity contribution in [2.75, 3.05) is 5.32 Å². The third-order valence-electron chi connectivity index (χ3n) is 3.77. The van der Waals surface area contributed by atoms with Gasteiger partial charge >= 0.3 is 6.18 Å². The van der Waals surface area contributed by atoms with Crippen molar-refractivity contribution in [3.63, 3.8) is 0 Å². The smallest absolute Gasteiger partial charge is 0.364 e. The zero-order valence-electron chi connectivity index (χ0n) is 13.1. The van der Waals surface area contributed by atoms with Crippen LogP contribution in [0.2, 0.25) is 0 Å². The highest BCUT2D eigenvalue weighted by atomic mass is 79.9. The number of nitrogens with one attached hydrogen (secondary N) is 2. The lowest BCUT2D eigenvalue weighted by Gasteiger charge is -2.30. The standard InChI is InChI=1S/C14H11BrF3N3O4S2/c15-9-4-2-1-3-7(9)13-20-10-5-8(14(16,17)18)11(26(19,22)23)6-12(10)27(24,25)21-13/h1-6,13,20-21H,(H2,19,22,23). The molecule has 0 spiro atoms. The van der Waals surface area contributed by atoms with Gasteiger partial charge in [-0.15, -0.1) is 0 Å². The van der Waals surface area contributed by atoms with Crippen LogP contribution in [0.15, 0.2) is 50.7 Å². The number of nitrogens with two attached hydrogens (primary N) is 1. The van der Waals surface area contributed by atoms with Gasteiger partial charge in [0.15, 0.2) is 0 Å². The van der Waals surface area contributed by atoms with Crippen molar-refractivity contribution in [1.29, 1.82) is 0 Å². The maximum Gasteiger partial charge on any atom is 0.417 e. The fourth-order valence-electron chi connectivity index (χ4n) is 2.61. The van der Waals surface area contributed by atoms with Gasteiger partial charge in [-0.25, -0.2) is 22.0 Å². The Morgan fingerprint density at radius 3 is 2.33 bits per heavy atom. The van der Waals surface area contributed by atoms with Crippen LogP contribution >= 0.6 is 15.9 Å². The van der Waals surface area contributed by atoms with Gasteiger partial charge in [0.05, 0.1) is 16.1 Å². The maximum atomic E-state index is 13.3. The summed E-state index contributed by atoms with van der Waals surface area (Å²) in [4.78, 5) is -1.97. The molecular weight excluding hydrogens is 475 g/mol. The summed E-state index contributed by atoms with van der Waals surface area (Å²) in [5.74, 6) is 0. The summed E-state index contributed by atoms with van der Waals surface area (Å²) in [6.07, 6.45) is -6.13. The van der Waals surface area contributed by atoms with Gasteiger partial charge < -0.3 is 5.32 Å². The summed E-state index contributed by atoms with van der Waals surface area (Å²) in [5.41, 5.74) is -1.52. The maximum absolute atomic E-state index is 13.3. The number of rotatable bonds is 2. The summed E-state index contributed by atoms with van der Waals surface area (Å²) in [7, 11) is -9.14. The SMILES string of the molecule is NS(=O)(=O)c1cc2c(cc1C(F)(F)F)NC(c1ccccc1Br)NS2(=O)=O. The Morgan fingerprint density at radius 2 is 1.78 bits per heavy atom. The molecule has 0 bridgehead atoms. The summed E-state index contributed by atoms with van der Waals surface area (Å²) in [6, 6.07) is 7.33. The Hall–Kier alpha value is -1.67. The Kier molecular flexibility index (Phi) is 4.79. The topological polar surface area (TPSA) is 118 Å². The number of hydrogen-bond acceptors (Lipinski definition) is 5. The van der Waals surface area contributed by atoms with Crippen molar-refractivity contribution < 1.29 is 30.0 Å². The highest BCUT2D eigenvalue weighted by Crippen LogP contribution is 2.41. The van der Waals surface area contributed by atoms with Crippen molar-refractivity contribution in [3.05, 3.63) is 52.0 Å². The van der Waals surface area contributed by atoms with Crippen LogP contribution in [0.3, 0.4) is 0 Å². The van der Waals surface area contributed by atoms with E-state index < -0.39 is 53.4 Å². The number of primary sulfonamides is 1. The van der Waals surface area contributed by atoms with Crippen molar-refractivity contribution in [1.82, 2.24) is 4.72 Å². The number of halogens is 4. The molecule has 1 unspecified atom stereocenters. The van der Waals surface area contributed by atoms with Crippen LogP contribution in [0.25, 0.3) is 0 Å². The molecule has 1 atom stereocenters. The lowest BCUT2D eigenvalue weighted by Crippen LogP contribution is -2.39. The van der Waals surface area contributed by atoms with Crippen molar-refractivity contribution >= 4 is 41.7 Å². The normalized spacial score (nSPS) is 19.2. The Labute approximate surface area is 161 Å². The second-order valence-corrected chi connectivity index (χ2v) is 9.67. The molecule has 2 aromatic carbocycles. The Balaban J connectivity index is 2.24. The molecule has 0 saturated carbocycles. The molecule has 0 saturated heterocycles. The number of fused-ring (bicyclic) bond motifs is 1. The van der Waals surface area contributed by atoms with Crippen molar-refractivity contribution in [2.24, 2.45) is 5.14 Å². The molecule has 0 fully saturated rings. The summed E-state index contributed by atoms with van der Waals surface area (Å²) in [5, 5.41) is 7.49. The van der Waals surface area contributed by atoms with Crippen molar-refractivity contribution in [3.8, 4) is 0 Å².